The number of ether oxygens (including phenoxy) is 1. The molecule has 0 aliphatic carbocycles. The summed E-state index contributed by atoms with van der Waals surface area (Å²) in [5, 5.41) is 4.71. The molecule has 0 amide bonds. The lowest BCUT2D eigenvalue weighted by molar-refractivity contribution is 0.194. The van der Waals surface area contributed by atoms with Crippen LogP contribution in [0.4, 0.5) is 0 Å². The summed E-state index contributed by atoms with van der Waals surface area (Å²) in [4.78, 5) is 4.64. The van der Waals surface area contributed by atoms with Crippen LogP contribution in [0.25, 0.3) is 16.9 Å². The summed E-state index contributed by atoms with van der Waals surface area (Å²) >= 11 is 0. The van der Waals surface area contributed by atoms with Gasteiger partial charge in [-0.2, -0.15) is 5.10 Å². The first-order chi connectivity index (χ1) is 11.9. The lowest BCUT2D eigenvalue weighted by Gasteiger charge is -2.17. The Morgan fingerprint density at radius 1 is 1.00 bits per heavy atom. The van der Waals surface area contributed by atoms with Gasteiger partial charge in [0, 0.05) is 11.6 Å². The van der Waals surface area contributed by atoms with Gasteiger partial charge in [-0.25, -0.2) is 9.50 Å². The van der Waals surface area contributed by atoms with Crippen molar-refractivity contribution in [3.05, 3.63) is 46.8 Å². The van der Waals surface area contributed by atoms with Crippen LogP contribution in [0.5, 0.6) is 5.75 Å². The molecular formula is C21H27N3O. The first-order valence-corrected chi connectivity index (χ1v) is 9.04. The maximum Gasteiger partial charge on any atom is 0.196 e. The zero-order valence-corrected chi connectivity index (χ0v) is 16.1. The number of fused-ring (bicyclic) bond motifs is 1. The molecule has 0 atom stereocenters. The molecule has 0 aliphatic rings. The molecule has 0 radical (unpaired) electrons. The highest BCUT2D eigenvalue weighted by molar-refractivity contribution is 5.72. The zero-order chi connectivity index (χ0) is 18.1. The first-order valence-electron chi connectivity index (χ1n) is 9.04. The molecule has 1 aromatic carbocycles. The minimum absolute atomic E-state index is 0.202. The standard InChI is InChI=1S/C21H27N3O/c1-7-17(8-2)25-19-11-16(6)23-24-18(12-22-21(19)24)20-14(4)9-13(3)10-15(20)5/h9-12,17H,7-8H2,1-6H3. The van der Waals surface area contributed by atoms with Gasteiger partial charge in [-0.05, 0) is 51.7 Å². The maximum atomic E-state index is 6.21. The Hall–Kier alpha value is -2.36. The van der Waals surface area contributed by atoms with Crippen LogP contribution in [0.15, 0.2) is 24.4 Å². The molecule has 0 aliphatic heterocycles. The van der Waals surface area contributed by atoms with Crippen molar-refractivity contribution in [1.29, 1.82) is 0 Å². The van der Waals surface area contributed by atoms with Gasteiger partial charge in [0.15, 0.2) is 11.4 Å². The predicted octanol–water partition coefficient (Wildman–Crippen LogP) is 5.20. The average molecular weight is 337 g/mol. The molecule has 4 heteroatoms. The Balaban J connectivity index is 2.19. The van der Waals surface area contributed by atoms with Crippen molar-refractivity contribution in [2.75, 3.05) is 0 Å². The molecule has 2 heterocycles. The van der Waals surface area contributed by atoms with Gasteiger partial charge < -0.3 is 4.74 Å². The van der Waals surface area contributed by atoms with E-state index in [1.165, 1.54) is 22.3 Å². The largest absolute Gasteiger partial charge is 0.486 e. The normalized spacial score (nSPS) is 11.5. The second kappa shape index (κ2) is 6.87. The summed E-state index contributed by atoms with van der Waals surface area (Å²) in [6.07, 6.45) is 4.07. The van der Waals surface area contributed by atoms with Crippen molar-refractivity contribution in [1.82, 2.24) is 14.6 Å². The van der Waals surface area contributed by atoms with E-state index in [2.05, 4.69) is 51.7 Å². The quantitative estimate of drug-likeness (QED) is 0.642. The van der Waals surface area contributed by atoms with E-state index in [0.29, 0.717) is 0 Å². The summed E-state index contributed by atoms with van der Waals surface area (Å²) in [6.45, 7) is 12.7. The zero-order valence-electron chi connectivity index (χ0n) is 16.1. The third-order valence-electron chi connectivity index (χ3n) is 4.69. The monoisotopic (exact) mass is 337 g/mol. The van der Waals surface area contributed by atoms with Crippen LogP contribution in [-0.4, -0.2) is 20.7 Å². The second-order valence-corrected chi connectivity index (χ2v) is 6.86. The number of rotatable bonds is 5. The third-order valence-corrected chi connectivity index (χ3v) is 4.69. The molecule has 3 rings (SSSR count). The number of imidazole rings is 1. The topological polar surface area (TPSA) is 39.4 Å². The lowest BCUT2D eigenvalue weighted by atomic mass is 9.98. The van der Waals surface area contributed by atoms with Crippen LogP contribution < -0.4 is 4.74 Å². The van der Waals surface area contributed by atoms with Gasteiger partial charge in [-0.1, -0.05) is 31.5 Å². The van der Waals surface area contributed by atoms with E-state index in [0.717, 1.165) is 35.6 Å². The van der Waals surface area contributed by atoms with Crippen molar-refractivity contribution < 1.29 is 4.74 Å². The molecule has 0 N–H and O–H groups in total. The van der Waals surface area contributed by atoms with Gasteiger partial charge >= 0.3 is 0 Å². The fourth-order valence-corrected chi connectivity index (χ4v) is 3.53. The smallest absolute Gasteiger partial charge is 0.196 e. The Morgan fingerprint density at radius 3 is 2.24 bits per heavy atom. The molecule has 0 fully saturated rings. The molecule has 25 heavy (non-hydrogen) atoms. The van der Waals surface area contributed by atoms with Gasteiger partial charge in [0.1, 0.15) is 0 Å². The SMILES string of the molecule is CCC(CC)Oc1cc(C)nn2c(-c3c(C)cc(C)cc3C)cnc12. The number of aryl methyl sites for hydroxylation is 4. The van der Waals surface area contributed by atoms with Crippen molar-refractivity contribution in [3.8, 4) is 17.0 Å². The number of aromatic nitrogens is 3. The molecule has 132 valence electrons. The predicted molar refractivity (Wildman–Crippen MR) is 102 cm³/mol. The number of benzene rings is 1. The van der Waals surface area contributed by atoms with E-state index >= 15 is 0 Å². The Kier molecular flexibility index (Phi) is 4.80. The van der Waals surface area contributed by atoms with Gasteiger partial charge in [0.05, 0.1) is 23.7 Å². The molecular weight excluding hydrogens is 310 g/mol. The highest BCUT2D eigenvalue weighted by Gasteiger charge is 2.17. The van der Waals surface area contributed by atoms with Crippen LogP contribution in [0.1, 0.15) is 49.1 Å². The first kappa shape index (κ1) is 17.5. The summed E-state index contributed by atoms with van der Waals surface area (Å²) < 4.78 is 8.14. The highest BCUT2D eigenvalue weighted by Crippen LogP contribution is 2.31. The molecule has 0 saturated heterocycles. The van der Waals surface area contributed by atoms with Gasteiger partial charge in [-0.3, -0.25) is 0 Å². The molecule has 0 spiro atoms. The van der Waals surface area contributed by atoms with E-state index < -0.39 is 0 Å². The van der Waals surface area contributed by atoms with Crippen molar-refractivity contribution in [3.63, 3.8) is 0 Å². The summed E-state index contributed by atoms with van der Waals surface area (Å²) in [5.41, 5.74) is 7.68. The van der Waals surface area contributed by atoms with Crippen LogP contribution in [0.2, 0.25) is 0 Å². The molecule has 0 saturated carbocycles. The van der Waals surface area contributed by atoms with Crippen molar-refractivity contribution >= 4 is 5.65 Å². The van der Waals surface area contributed by atoms with Gasteiger partial charge in [0.2, 0.25) is 0 Å². The Bertz CT molecular complexity index is 884. The second-order valence-electron chi connectivity index (χ2n) is 6.86. The average Bonchev–Trinajstić information content (AvgIpc) is 2.95. The highest BCUT2D eigenvalue weighted by atomic mass is 16.5. The Labute approximate surface area is 149 Å². The van der Waals surface area contributed by atoms with Gasteiger partial charge in [-0.15, -0.1) is 0 Å². The maximum absolute atomic E-state index is 6.21. The van der Waals surface area contributed by atoms with E-state index in [1.807, 2.05) is 23.7 Å². The summed E-state index contributed by atoms with van der Waals surface area (Å²) in [6, 6.07) is 6.40. The fraction of sp³-hybridized carbons (Fsp3) is 0.429. The van der Waals surface area contributed by atoms with Crippen molar-refractivity contribution in [2.45, 2.75) is 60.5 Å². The minimum atomic E-state index is 0.202. The number of hydrogen-bond acceptors (Lipinski definition) is 3. The molecule has 4 nitrogen and oxygen atoms in total. The number of hydrogen-bond donors (Lipinski definition) is 0. The minimum Gasteiger partial charge on any atom is -0.486 e. The van der Waals surface area contributed by atoms with Crippen LogP contribution >= 0.6 is 0 Å². The molecule has 2 aromatic heterocycles. The lowest BCUT2D eigenvalue weighted by Crippen LogP contribution is -2.15. The third kappa shape index (κ3) is 3.26. The Morgan fingerprint density at radius 2 is 1.64 bits per heavy atom. The number of nitrogens with zero attached hydrogens (tertiary/aromatic N) is 3. The van der Waals surface area contributed by atoms with E-state index in [-0.39, 0.29) is 6.10 Å². The van der Waals surface area contributed by atoms with Gasteiger partial charge in [0.25, 0.3) is 0 Å². The summed E-state index contributed by atoms with van der Waals surface area (Å²) in [7, 11) is 0. The van der Waals surface area contributed by atoms with Crippen molar-refractivity contribution in [2.24, 2.45) is 0 Å². The molecule has 0 bridgehead atoms. The molecule has 0 unspecified atom stereocenters. The van der Waals surface area contributed by atoms with E-state index in [4.69, 9.17) is 9.84 Å². The molecule has 3 aromatic rings. The van der Waals surface area contributed by atoms with Crippen LogP contribution in [-0.2, 0) is 0 Å². The van der Waals surface area contributed by atoms with E-state index in [1.54, 1.807) is 0 Å². The van der Waals surface area contributed by atoms with Crippen LogP contribution in [0.3, 0.4) is 0 Å². The van der Waals surface area contributed by atoms with E-state index in [9.17, 15) is 0 Å². The summed E-state index contributed by atoms with van der Waals surface area (Å²) in [5.74, 6) is 0.815. The van der Waals surface area contributed by atoms with Crippen LogP contribution in [0, 0.1) is 27.7 Å². The fourth-order valence-electron chi connectivity index (χ4n) is 3.53.